The molecule has 0 atom stereocenters. The van der Waals surface area contributed by atoms with Crippen LogP contribution in [-0.2, 0) is 0 Å². The summed E-state index contributed by atoms with van der Waals surface area (Å²) in [5, 5.41) is 2.87. The highest BCUT2D eigenvalue weighted by Crippen LogP contribution is 2.17. The molecule has 2 heteroatoms. The van der Waals surface area contributed by atoms with E-state index in [1.165, 1.54) is 0 Å². The second-order valence-corrected chi connectivity index (χ2v) is 2.15. The lowest BCUT2D eigenvalue weighted by Crippen LogP contribution is -1.86. The largest absolute Gasteiger partial charge is 0.145 e. The number of hydrogen-bond acceptors (Lipinski definition) is 2. The summed E-state index contributed by atoms with van der Waals surface area (Å²) in [6.45, 7) is 1.91. The monoisotopic (exact) mass is 123 g/mol. The second-order valence-electron chi connectivity index (χ2n) is 2.15. The van der Waals surface area contributed by atoms with Crippen molar-refractivity contribution in [1.29, 1.82) is 0 Å². The van der Waals surface area contributed by atoms with Crippen LogP contribution in [0.5, 0.6) is 0 Å². The Bertz CT molecular complexity index is 179. The summed E-state index contributed by atoms with van der Waals surface area (Å²) in [5.74, 6) is 0. The number of allylic oxidation sites excluding steroid dienone is 3. The van der Waals surface area contributed by atoms with Gasteiger partial charge >= 0.3 is 0 Å². The maximum atomic E-state index is 10.0. The van der Waals surface area contributed by atoms with Gasteiger partial charge in [0.1, 0.15) is 5.70 Å². The molecule has 1 aliphatic rings. The van der Waals surface area contributed by atoms with Gasteiger partial charge in [-0.05, 0) is 30.5 Å². The molecule has 0 aromatic rings. The third-order valence-electron chi connectivity index (χ3n) is 1.46. The maximum Gasteiger partial charge on any atom is 0.106 e. The van der Waals surface area contributed by atoms with Gasteiger partial charge in [-0.1, -0.05) is 12.2 Å². The molecule has 0 radical (unpaired) electrons. The van der Waals surface area contributed by atoms with E-state index in [0.29, 0.717) is 5.70 Å². The molecule has 48 valence electrons. The van der Waals surface area contributed by atoms with Gasteiger partial charge in [0.15, 0.2) is 0 Å². The van der Waals surface area contributed by atoms with Crippen LogP contribution in [0, 0.1) is 4.91 Å². The summed E-state index contributed by atoms with van der Waals surface area (Å²) in [5.41, 5.74) is 1.62. The van der Waals surface area contributed by atoms with Gasteiger partial charge in [0, 0.05) is 0 Å². The predicted molar refractivity (Wildman–Crippen MR) is 36.9 cm³/mol. The minimum atomic E-state index is 0.612. The van der Waals surface area contributed by atoms with E-state index in [2.05, 4.69) is 5.18 Å². The first-order valence-electron chi connectivity index (χ1n) is 3.05. The van der Waals surface area contributed by atoms with Gasteiger partial charge in [-0.2, -0.15) is 0 Å². The van der Waals surface area contributed by atoms with Crippen LogP contribution < -0.4 is 0 Å². The molecule has 0 fully saturated rings. The van der Waals surface area contributed by atoms with E-state index in [1.54, 1.807) is 0 Å². The van der Waals surface area contributed by atoms with Crippen molar-refractivity contribution in [2.75, 3.05) is 0 Å². The van der Waals surface area contributed by atoms with E-state index in [0.717, 1.165) is 18.4 Å². The van der Waals surface area contributed by atoms with E-state index in [9.17, 15) is 4.91 Å². The molecule has 0 saturated carbocycles. The molecule has 0 unspecified atom stereocenters. The van der Waals surface area contributed by atoms with Gasteiger partial charge in [-0.3, -0.25) is 0 Å². The molecule has 0 bridgehead atoms. The van der Waals surface area contributed by atoms with Crippen LogP contribution >= 0.6 is 0 Å². The molecule has 0 aromatic heterocycles. The first-order valence-corrected chi connectivity index (χ1v) is 3.05. The molecule has 2 nitrogen and oxygen atoms in total. The molecule has 0 heterocycles. The minimum absolute atomic E-state index is 0.612. The first kappa shape index (κ1) is 6.20. The van der Waals surface area contributed by atoms with Gasteiger partial charge < -0.3 is 0 Å². The fourth-order valence-electron chi connectivity index (χ4n) is 0.895. The van der Waals surface area contributed by atoms with Gasteiger partial charge in [-0.25, -0.2) is 0 Å². The van der Waals surface area contributed by atoms with E-state index < -0.39 is 0 Å². The Morgan fingerprint density at radius 1 is 1.44 bits per heavy atom. The summed E-state index contributed by atoms with van der Waals surface area (Å²) >= 11 is 0. The van der Waals surface area contributed by atoms with Crippen molar-refractivity contribution in [2.24, 2.45) is 5.18 Å². The number of rotatable bonds is 1. The van der Waals surface area contributed by atoms with Crippen LogP contribution in [-0.4, -0.2) is 0 Å². The molecule has 0 aliphatic heterocycles. The zero-order valence-corrected chi connectivity index (χ0v) is 5.42. The maximum absolute atomic E-state index is 10.0. The molecule has 0 spiro atoms. The van der Waals surface area contributed by atoms with Gasteiger partial charge in [-0.15, -0.1) is 4.91 Å². The van der Waals surface area contributed by atoms with E-state index >= 15 is 0 Å². The molecule has 1 rings (SSSR count). The SMILES string of the molecule is CC1=CCCC=C1N=O. The zero-order valence-electron chi connectivity index (χ0n) is 5.42. The van der Waals surface area contributed by atoms with Crippen molar-refractivity contribution >= 4 is 0 Å². The lowest BCUT2D eigenvalue weighted by Gasteiger charge is -2.02. The van der Waals surface area contributed by atoms with Crippen LogP contribution in [0.25, 0.3) is 0 Å². The molecule has 0 aromatic carbocycles. The molecular formula is C7H9NO. The molecule has 1 aliphatic carbocycles. The highest BCUT2D eigenvalue weighted by atomic mass is 16.3. The molecular weight excluding hydrogens is 114 g/mol. The van der Waals surface area contributed by atoms with Crippen molar-refractivity contribution < 1.29 is 0 Å². The van der Waals surface area contributed by atoms with Crippen LogP contribution in [0.2, 0.25) is 0 Å². The molecule has 0 amide bonds. The lowest BCUT2D eigenvalue weighted by atomic mass is 10.1. The number of hydrogen-bond donors (Lipinski definition) is 0. The van der Waals surface area contributed by atoms with Crippen LogP contribution in [0.1, 0.15) is 19.8 Å². The van der Waals surface area contributed by atoms with Crippen LogP contribution in [0.15, 0.2) is 28.6 Å². The third-order valence-corrected chi connectivity index (χ3v) is 1.46. The van der Waals surface area contributed by atoms with Crippen molar-refractivity contribution in [3.05, 3.63) is 28.3 Å². The number of nitrogens with zero attached hydrogens (tertiary/aromatic N) is 1. The molecule has 0 N–H and O–H groups in total. The molecule has 9 heavy (non-hydrogen) atoms. The summed E-state index contributed by atoms with van der Waals surface area (Å²) < 4.78 is 0. The van der Waals surface area contributed by atoms with E-state index in [-0.39, 0.29) is 0 Å². The Balaban J connectivity index is 2.79. The Hall–Kier alpha value is -0.920. The Morgan fingerprint density at radius 3 is 2.56 bits per heavy atom. The third kappa shape index (κ3) is 1.25. The number of nitroso groups, excluding NO2 is 1. The van der Waals surface area contributed by atoms with Gasteiger partial charge in [0.25, 0.3) is 0 Å². The highest BCUT2D eigenvalue weighted by Gasteiger charge is 2.02. The van der Waals surface area contributed by atoms with Gasteiger partial charge in [0.05, 0.1) is 0 Å². The standard InChI is InChI=1S/C7H9NO/c1-6-4-2-3-5-7(6)8-9/h4-5H,2-3H2,1H3. The average Bonchev–Trinajstić information content (AvgIpc) is 1.89. The van der Waals surface area contributed by atoms with Crippen LogP contribution in [0.4, 0.5) is 0 Å². The normalized spacial score (nSPS) is 18.3. The highest BCUT2D eigenvalue weighted by molar-refractivity contribution is 5.30. The summed E-state index contributed by atoms with van der Waals surface area (Å²) in [4.78, 5) is 10.0. The summed E-state index contributed by atoms with van der Waals surface area (Å²) in [7, 11) is 0. The Kier molecular flexibility index (Phi) is 1.78. The van der Waals surface area contributed by atoms with Crippen LogP contribution in [0.3, 0.4) is 0 Å². The van der Waals surface area contributed by atoms with Crippen molar-refractivity contribution in [2.45, 2.75) is 19.8 Å². The predicted octanol–water partition coefficient (Wildman–Crippen LogP) is 2.38. The summed E-state index contributed by atoms with van der Waals surface area (Å²) in [6.07, 6.45) is 5.92. The summed E-state index contributed by atoms with van der Waals surface area (Å²) in [6, 6.07) is 0. The Morgan fingerprint density at radius 2 is 2.11 bits per heavy atom. The lowest BCUT2D eigenvalue weighted by molar-refractivity contribution is 0.980. The second kappa shape index (κ2) is 2.58. The van der Waals surface area contributed by atoms with Crippen molar-refractivity contribution in [1.82, 2.24) is 0 Å². The van der Waals surface area contributed by atoms with Crippen molar-refractivity contribution in [3.63, 3.8) is 0 Å². The van der Waals surface area contributed by atoms with Crippen molar-refractivity contribution in [3.8, 4) is 0 Å². The fourth-order valence-corrected chi connectivity index (χ4v) is 0.895. The zero-order chi connectivity index (χ0) is 6.69. The van der Waals surface area contributed by atoms with E-state index in [4.69, 9.17) is 0 Å². The molecule has 0 saturated heterocycles. The first-order chi connectivity index (χ1) is 4.34. The topological polar surface area (TPSA) is 29.4 Å². The fraction of sp³-hybridized carbons (Fsp3) is 0.429. The quantitative estimate of drug-likeness (QED) is 0.492. The van der Waals surface area contributed by atoms with E-state index in [1.807, 2.05) is 19.1 Å². The van der Waals surface area contributed by atoms with Gasteiger partial charge in [0.2, 0.25) is 0 Å². The average molecular weight is 123 g/mol. The Labute approximate surface area is 54.2 Å². The smallest absolute Gasteiger partial charge is 0.106 e. The minimum Gasteiger partial charge on any atom is -0.145 e.